The molecule has 0 saturated carbocycles. The Morgan fingerprint density at radius 3 is 2.86 bits per heavy atom. The summed E-state index contributed by atoms with van der Waals surface area (Å²) >= 11 is 5.08. The van der Waals surface area contributed by atoms with Crippen LogP contribution in [0.5, 0.6) is 0 Å². The fourth-order valence-corrected chi connectivity index (χ4v) is 5.72. The molecular weight excluding hydrogens is 450 g/mol. The van der Waals surface area contributed by atoms with Gasteiger partial charge in [0.1, 0.15) is 0 Å². The molecule has 2 aliphatic rings. The van der Waals surface area contributed by atoms with Crippen molar-refractivity contribution in [2.75, 3.05) is 19.6 Å². The Bertz CT molecular complexity index is 1080. The highest BCUT2D eigenvalue weighted by molar-refractivity contribution is 9.10. The summed E-state index contributed by atoms with van der Waals surface area (Å²) in [7, 11) is 0. The van der Waals surface area contributed by atoms with E-state index < -0.39 is 0 Å². The summed E-state index contributed by atoms with van der Waals surface area (Å²) in [5.74, 6) is 0.134. The Morgan fingerprint density at radius 2 is 2.03 bits per heavy atom. The fraction of sp³-hybridized carbons (Fsp3) is 0.364. The Hall–Kier alpha value is -2.12. The number of fused-ring (bicyclic) bond motifs is 3. The van der Waals surface area contributed by atoms with E-state index in [4.69, 9.17) is 0 Å². The van der Waals surface area contributed by atoms with Crippen molar-refractivity contribution >= 4 is 50.0 Å². The van der Waals surface area contributed by atoms with E-state index >= 15 is 0 Å². The maximum atomic E-state index is 13.3. The molecule has 0 spiro atoms. The molecule has 1 atom stereocenters. The molecule has 4 heterocycles. The quantitative estimate of drug-likeness (QED) is 0.600. The molecule has 3 aromatic rings. The van der Waals surface area contributed by atoms with Gasteiger partial charge in [-0.25, -0.2) is 0 Å². The van der Waals surface area contributed by atoms with Gasteiger partial charge in [0, 0.05) is 53.7 Å². The number of aromatic nitrogens is 1. The van der Waals surface area contributed by atoms with Gasteiger partial charge >= 0.3 is 0 Å². The third kappa shape index (κ3) is 3.40. The molecule has 1 N–H and O–H groups in total. The van der Waals surface area contributed by atoms with Gasteiger partial charge in [-0.3, -0.25) is 9.59 Å². The van der Waals surface area contributed by atoms with E-state index in [1.54, 1.807) is 0 Å². The number of hydrogen-bond acceptors (Lipinski definition) is 3. The first-order valence-electron chi connectivity index (χ1n) is 10.0. The van der Waals surface area contributed by atoms with E-state index in [0.717, 1.165) is 47.2 Å². The summed E-state index contributed by atoms with van der Waals surface area (Å²) in [5, 5.41) is 3.11. The van der Waals surface area contributed by atoms with Crippen LogP contribution in [-0.2, 0) is 17.8 Å². The van der Waals surface area contributed by atoms with Crippen LogP contribution < -0.4 is 0 Å². The molecular formula is C22H22BrN3O2S. The number of likely N-dealkylation sites (tertiary alicyclic amines) is 1. The normalized spacial score (nSPS) is 19.4. The first-order chi connectivity index (χ1) is 14.1. The van der Waals surface area contributed by atoms with Crippen molar-refractivity contribution in [2.24, 2.45) is 5.92 Å². The lowest BCUT2D eigenvalue weighted by molar-refractivity contribution is -0.137. The summed E-state index contributed by atoms with van der Waals surface area (Å²) < 4.78 is 1.05. The van der Waals surface area contributed by atoms with Gasteiger partial charge < -0.3 is 14.8 Å². The summed E-state index contributed by atoms with van der Waals surface area (Å²) in [6, 6.07) is 9.95. The van der Waals surface area contributed by atoms with Crippen LogP contribution in [-0.4, -0.2) is 46.2 Å². The second-order valence-corrected chi connectivity index (χ2v) is 9.62. The number of aromatic amines is 1. The van der Waals surface area contributed by atoms with Crippen LogP contribution in [0.4, 0.5) is 0 Å². The SMILES string of the molecule is O=C(c1cccs1)N1CCCC(C(=O)N2CCc3[nH]c4c(Br)cccc4c3C2)C1. The predicted octanol–water partition coefficient (Wildman–Crippen LogP) is 4.43. The largest absolute Gasteiger partial charge is 0.357 e. The summed E-state index contributed by atoms with van der Waals surface area (Å²) in [4.78, 5) is 34.2. The molecule has 5 rings (SSSR count). The van der Waals surface area contributed by atoms with Crippen LogP contribution in [0.15, 0.2) is 40.2 Å². The number of H-pyrrole nitrogens is 1. The Labute approximate surface area is 181 Å². The lowest BCUT2D eigenvalue weighted by Gasteiger charge is -2.36. The number of hydrogen-bond donors (Lipinski definition) is 1. The number of nitrogens with one attached hydrogen (secondary N) is 1. The lowest BCUT2D eigenvalue weighted by atomic mass is 9.94. The van der Waals surface area contributed by atoms with Crippen LogP contribution in [0.2, 0.25) is 0 Å². The smallest absolute Gasteiger partial charge is 0.263 e. The standard InChI is InChI=1S/C22H22BrN3O2S/c23-17-6-1-5-15-16-13-26(10-8-18(16)24-20(15)17)21(27)14-4-2-9-25(12-14)22(28)19-7-3-11-29-19/h1,3,5-7,11,14,24H,2,4,8-10,12-13H2. The number of carbonyl (C=O) groups excluding carboxylic acids is 2. The molecule has 29 heavy (non-hydrogen) atoms. The van der Waals surface area contributed by atoms with Crippen LogP contribution >= 0.6 is 27.3 Å². The minimum atomic E-state index is -0.105. The zero-order chi connectivity index (χ0) is 20.0. The molecule has 0 radical (unpaired) electrons. The highest BCUT2D eigenvalue weighted by atomic mass is 79.9. The molecule has 0 bridgehead atoms. The first kappa shape index (κ1) is 18.9. The van der Waals surface area contributed by atoms with Crippen molar-refractivity contribution < 1.29 is 9.59 Å². The van der Waals surface area contributed by atoms with Gasteiger partial charge in [-0.2, -0.15) is 0 Å². The highest BCUT2D eigenvalue weighted by Crippen LogP contribution is 2.33. The minimum Gasteiger partial charge on any atom is -0.357 e. The molecule has 150 valence electrons. The summed E-state index contributed by atoms with van der Waals surface area (Å²) in [5.41, 5.74) is 3.56. The Morgan fingerprint density at radius 1 is 1.14 bits per heavy atom. The van der Waals surface area contributed by atoms with Crippen molar-refractivity contribution in [3.8, 4) is 0 Å². The number of carbonyl (C=O) groups is 2. The Kier molecular flexibility index (Phi) is 4.95. The molecule has 2 aromatic heterocycles. The van der Waals surface area contributed by atoms with E-state index in [9.17, 15) is 9.59 Å². The Balaban J connectivity index is 1.33. The highest BCUT2D eigenvalue weighted by Gasteiger charge is 2.33. The van der Waals surface area contributed by atoms with Gasteiger partial charge in [0.25, 0.3) is 5.91 Å². The van der Waals surface area contributed by atoms with Crippen molar-refractivity contribution in [2.45, 2.75) is 25.8 Å². The van der Waals surface area contributed by atoms with Gasteiger partial charge in [-0.1, -0.05) is 18.2 Å². The number of para-hydroxylation sites is 1. The molecule has 1 unspecified atom stereocenters. The number of halogens is 1. The van der Waals surface area contributed by atoms with Gasteiger partial charge in [-0.05, 0) is 46.3 Å². The monoisotopic (exact) mass is 471 g/mol. The molecule has 2 amide bonds. The molecule has 0 aliphatic carbocycles. The zero-order valence-electron chi connectivity index (χ0n) is 16.0. The second-order valence-electron chi connectivity index (χ2n) is 7.82. The number of rotatable bonds is 2. The molecule has 1 saturated heterocycles. The zero-order valence-corrected chi connectivity index (χ0v) is 18.4. The number of nitrogens with zero attached hydrogens (tertiary/aromatic N) is 2. The molecule has 5 nitrogen and oxygen atoms in total. The van der Waals surface area contributed by atoms with E-state index in [0.29, 0.717) is 13.1 Å². The summed E-state index contributed by atoms with van der Waals surface area (Å²) in [6.45, 7) is 2.63. The summed E-state index contributed by atoms with van der Waals surface area (Å²) in [6.07, 6.45) is 2.58. The third-order valence-corrected chi connectivity index (χ3v) is 7.58. The van der Waals surface area contributed by atoms with Gasteiger partial charge in [0.2, 0.25) is 5.91 Å². The topological polar surface area (TPSA) is 56.4 Å². The minimum absolute atomic E-state index is 0.0555. The van der Waals surface area contributed by atoms with E-state index in [2.05, 4.69) is 27.0 Å². The number of amides is 2. The van der Waals surface area contributed by atoms with Gasteiger partial charge in [0.15, 0.2) is 0 Å². The van der Waals surface area contributed by atoms with E-state index in [-0.39, 0.29) is 17.7 Å². The average molecular weight is 472 g/mol. The second kappa shape index (κ2) is 7.61. The van der Waals surface area contributed by atoms with Crippen LogP contribution in [0.25, 0.3) is 10.9 Å². The molecule has 1 fully saturated rings. The van der Waals surface area contributed by atoms with Crippen molar-refractivity contribution in [1.29, 1.82) is 0 Å². The van der Waals surface area contributed by atoms with Crippen LogP contribution in [0.1, 0.15) is 33.8 Å². The molecule has 7 heteroatoms. The fourth-order valence-electron chi connectivity index (χ4n) is 4.57. The predicted molar refractivity (Wildman–Crippen MR) is 118 cm³/mol. The van der Waals surface area contributed by atoms with E-state index in [1.165, 1.54) is 28.0 Å². The number of piperidine rings is 1. The number of thiophene rings is 1. The molecule has 1 aromatic carbocycles. The molecule has 2 aliphatic heterocycles. The van der Waals surface area contributed by atoms with Gasteiger partial charge in [0.05, 0.1) is 16.3 Å². The number of benzene rings is 1. The van der Waals surface area contributed by atoms with Crippen LogP contribution in [0, 0.1) is 5.92 Å². The average Bonchev–Trinajstić information content (AvgIpc) is 3.41. The van der Waals surface area contributed by atoms with Crippen molar-refractivity contribution in [3.63, 3.8) is 0 Å². The lowest BCUT2D eigenvalue weighted by Crippen LogP contribution is -2.47. The van der Waals surface area contributed by atoms with Crippen molar-refractivity contribution in [1.82, 2.24) is 14.8 Å². The van der Waals surface area contributed by atoms with E-state index in [1.807, 2.05) is 39.4 Å². The van der Waals surface area contributed by atoms with Crippen molar-refractivity contribution in [3.05, 3.63) is 56.3 Å². The maximum absolute atomic E-state index is 13.3. The third-order valence-electron chi connectivity index (χ3n) is 6.06. The van der Waals surface area contributed by atoms with Crippen LogP contribution in [0.3, 0.4) is 0 Å². The maximum Gasteiger partial charge on any atom is 0.263 e. The van der Waals surface area contributed by atoms with Gasteiger partial charge in [-0.15, -0.1) is 11.3 Å². The first-order valence-corrected chi connectivity index (χ1v) is 11.7.